The van der Waals surface area contributed by atoms with Crippen LogP contribution in [0, 0.1) is 0 Å². The highest BCUT2D eigenvalue weighted by Gasteiger charge is 2.33. The molecule has 0 atom stereocenters. The van der Waals surface area contributed by atoms with Gasteiger partial charge in [-0.1, -0.05) is 24.3 Å². The van der Waals surface area contributed by atoms with E-state index in [4.69, 9.17) is 11.6 Å². The SMILES string of the molecule is CC(C)N(CC(F)(F)F)c1nc(CCl)cc2ccccc12. The molecule has 6 heteroatoms. The molecule has 0 aliphatic carbocycles. The van der Waals surface area contributed by atoms with Crippen LogP contribution in [0.1, 0.15) is 19.5 Å². The monoisotopic (exact) mass is 316 g/mol. The lowest BCUT2D eigenvalue weighted by Gasteiger charge is -2.30. The average Bonchev–Trinajstić information content (AvgIpc) is 2.42. The summed E-state index contributed by atoms with van der Waals surface area (Å²) in [4.78, 5) is 5.58. The van der Waals surface area contributed by atoms with Gasteiger partial charge in [-0.25, -0.2) is 4.98 Å². The fourth-order valence-electron chi connectivity index (χ4n) is 2.22. The highest BCUT2D eigenvalue weighted by molar-refractivity contribution is 6.17. The van der Waals surface area contributed by atoms with Crippen molar-refractivity contribution in [3.63, 3.8) is 0 Å². The Hall–Kier alpha value is -1.49. The molecule has 0 radical (unpaired) electrons. The van der Waals surface area contributed by atoms with Crippen LogP contribution in [0.5, 0.6) is 0 Å². The second kappa shape index (κ2) is 6.10. The number of pyridine rings is 1. The zero-order chi connectivity index (χ0) is 15.6. The largest absolute Gasteiger partial charge is 0.405 e. The van der Waals surface area contributed by atoms with Gasteiger partial charge in [-0.2, -0.15) is 13.2 Å². The molecule has 114 valence electrons. The van der Waals surface area contributed by atoms with Gasteiger partial charge in [-0.3, -0.25) is 0 Å². The lowest BCUT2D eigenvalue weighted by molar-refractivity contribution is -0.120. The van der Waals surface area contributed by atoms with Crippen molar-refractivity contribution < 1.29 is 13.2 Å². The summed E-state index contributed by atoms with van der Waals surface area (Å²) in [5, 5.41) is 1.54. The van der Waals surface area contributed by atoms with Gasteiger partial charge >= 0.3 is 6.18 Å². The van der Waals surface area contributed by atoms with E-state index in [2.05, 4.69) is 4.98 Å². The third kappa shape index (κ3) is 3.79. The molecule has 2 nitrogen and oxygen atoms in total. The summed E-state index contributed by atoms with van der Waals surface area (Å²) in [6.07, 6.45) is -4.29. The van der Waals surface area contributed by atoms with E-state index in [1.54, 1.807) is 32.0 Å². The first-order valence-corrected chi connectivity index (χ1v) is 7.13. The van der Waals surface area contributed by atoms with Gasteiger partial charge in [0, 0.05) is 11.4 Å². The van der Waals surface area contributed by atoms with E-state index in [1.807, 2.05) is 12.1 Å². The Morgan fingerprint density at radius 2 is 1.90 bits per heavy atom. The van der Waals surface area contributed by atoms with E-state index in [1.165, 1.54) is 4.90 Å². The Morgan fingerprint density at radius 3 is 2.48 bits per heavy atom. The summed E-state index contributed by atoms with van der Waals surface area (Å²) in [6, 6.07) is 8.74. The Kier molecular flexibility index (Phi) is 4.61. The van der Waals surface area contributed by atoms with Crippen LogP contribution in [0.25, 0.3) is 10.8 Å². The maximum Gasteiger partial charge on any atom is 0.405 e. The molecule has 21 heavy (non-hydrogen) atoms. The Balaban J connectivity index is 2.60. The molecule has 0 spiro atoms. The number of nitrogens with zero attached hydrogens (tertiary/aromatic N) is 2. The third-order valence-corrected chi connectivity index (χ3v) is 3.43. The summed E-state index contributed by atoms with van der Waals surface area (Å²) < 4.78 is 38.5. The van der Waals surface area contributed by atoms with E-state index in [0.29, 0.717) is 16.9 Å². The van der Waals surface area contributed by atoms with Crippen molar-refractivity contribution in [3.8, 4) is 0 Å². The number of fused-ring (bicyclic) bond motifs is 1. The van der Waals surface area contributed by atoms with Crippen LogP contribution < -0.4 is 4.90 Å². The van der Waals surface area contributed by atoms with Crippen molar-refractivity contribution in [1.29, 1.82) is 0 Å². The quantitative estimate of drug-likeness (QED) is 0.757. The average molecular weight is 317 g/mol. The van der Waals surface area contributed by atoms with Crippen LogP contribution in [0.2, 0.25) is 0 Å². The summed E-state index contributed by atoms with van der Waals surface area (Å²) in [5.41, 5.74) is 0.568. The zero-order valence-corrected chi connectivity index (χ0v) is 12.5. The first-order valence-electron chi connectivity index (χ1n) is 6.60. The smallest absolute Gasteiger partial charge is 0.345 e. The van der Waals surface area contributed by atoms with Gasteiger partial charge in [-0.15, -0.1) is 11.6 Å². The highest BCUT2D eigenvalue weighted by atomic mass is 35.5. The second-order valence-electron chi connectivity index (χ2n) is 5.13. The maximum atomic E-state index is 12.8. The highest BCUT2D eigenvalue weighted by Crippen LogP contribution is 2.30. The predicted octanol–water partition coefficient (Wildman–Crippen LogP) is 4.75. The van der Waals surface area contributed by atoms with E-state index < -0.39 is 12.7 Å². The van der Waals surface area contributed by atoms with Crippen LogP contribution in [0.3, 0.4) is 0 Å². The number of aromatic nitrogens is 1. The number of hydrogen-bond acceptors (Lipinski definition) is 2. The molecule has 0 fully saturated rings. The summed E-state index contributed by atoms with van der Waals surface area (Å²) >= 11 is 5.81. The molecule has 0 N–H and O–H groups in total. The third-order valence-electron chi connectivity index (χ3n) is 3.16. The molecule has 1 heterocycles. The van der Waals surface area contributed by atoms with Crippen LogP contribution in [-0.2, 0) is 5.88 Å². The van der Waals surface area contributed by atoms with Crippen LogP contribution in [0.4, 0.5) is 19.0 Å². The molecule has 0 aliphatic rings. The molecule has 1 aromatic carbocycles. The Labute approximate surface area is 126 Å². The van der Waals surface area contributed by atoms with Crippen molar-refractivity contribution in [2.45, 2.75) is 31.9 Å². The van der Waals surface area contributed by atoms with Gasteiger partial charge in [0.2, 0.25) is 0 Å². The van der Waals surface area contributed by atoms with Gasteiger partial charge < -0.3 is 4.90 Å². The minimum atomic E-state index is -4.29. The second-order valence-corrected chi connectivity index (χ2v) is 5.40. The zero-order valence-electron chi connectivity index (χ0n) is 11.8. The fraction of sp³-hybridized carbons (Fsp3) is 0.400. The van der Waals surface area contributed by atoms with Gasteiger partial charge in [0.1, 0.15) is 12.4 Å². The van der Waals surface area contributed by atoms with Gasteiger partial charge in [0.15, 0.2) is 0 Å². The summed E-state index contributed by atoms with van der Waals surface area (Å²) in [7, 11) is 0. The predicted molar refractivity (Wildman–Crippen MR) is 79.8 cm³/mol. The first-order chi connectivity index (χ1) is 9.81. The van der Waals surface area contributed by atoms with E-state index in [0.717, 1.165) is 5.39 Å². The van der Waals surface area contributed by atoms with Crippen molar-refractivity contribution in [2.24, 2.45) is 0 Å². The number of halogens is 4. The van der Waals surface area contributed by atoms with Crippen LogP contribution >= 0.6 is 11.6 Å². The molecule has 1 aromatic heterocycles. The molecule has 0 amide bonds. The number of alkyl halides is 4. The lowest BCUT2D eigenvalue weighted by atomic mass is 10.1. The summed E-state index contributed by atoms with van der Waals surface area (Å²) in [5.74, 6) is 0.492. The summed E-state index contributed by atoms with van der Waals surface area (Å²) in [6.45, 7) is 2.40. The fourth-order valence-corrected chi connectivity index (χ4v) is 2.35. The van der Waals surface area contributed by atoms with Gasteiger partial charge in [0.05, 0.1) is 11.6 Å². The molecule has 0 saturated heterocycles. The number of hydrogen-bond donors (Lipinski definition) is 0. The van der Waals surface area contributed by atoms with Crippen LogP contribution in [-0.4, -0.2) is 23.7 Å². The van der Waals surface area contributed by atoms with Gasteiger partial charge in [0.25, 0.3) is 0 Å². The van der Waals surface area contributed by atoms with Gasteiger partial charge in [-0.05, 0) is 25.3 Å². The standard InChI is InChI=1S/C15H16ClF3N2/c1-10(2)21(9-15(17,18)19)14-13-6-4-3-5-11(13)7-12(8-16)20-14/h3-7,10H,8-9H2,1-2H3. The molecule has 2 aromatic rings. The maximum absolute atomic E-state index is 12.8. The number of anilines is 1. The molecule has 0 bridgehead atoms. The first kappa shape index (κ1) is 15.9. The minimum absolute atomic E-state index is 0.162. The topological polar surface area (TPSA) is 16.1 Å². The number of benzene rings is 1. The Bertz CT molecular complexity index is 626. The van der Waals surface area contributed by atoms with Crippen molar-refractivity contribution in [3.05, 3.63) is 36.0 Å². The van der Waals surface area contributed by atoms with Crippen LogP contribution in [0.15, 0.2) is 30.3 Å². The normalized spacial score (nSPS) is 12.1. The minimum Gasteiger partial charge on any atom is -0.345 e. The molecule has 2 rings (SSSR count). The lowest BCUT2D eigenvalue weighted by Crippen LogP contribution is -2.39. The molecular weight excluding hydrogens is 301 g/mol. The molecular formula is C15H16ClF3N2. The number of rotatable bonds is 4. The van der Waals surface area contributed by atoms with Crippen molar-refractivity contribution in [1.82, 2.24) is 4.98 Å². The van der Waals surface area contributed by atoms with E-state index in [-0.39, 0.29) is 11.9 Å². The van der Waals surface area contributed by atoms with Crippen molar-refractivity contribution >= 4 is 28.2 Å². The van der Waals surface area contributed by atoms with E-state index in [9.17, 15) is 13.2 Å². The molecule has 0 aliphatic heterocycles. The Morgan fingerprint density at radius 1 is 1.24 bits per heavy atom. The van der Waals surface area contributed by atoms with Crippen molar-refractivity contribution in [2.75, 3.05) is 11.4 Å². The van der Waals surface area contributed by atoms with E-state index >= 15 is 0 Å². The molecule has 0 saturated carbocycles. The molecule has 0 unspecified atom stereocenters.